The van der Waals surface area contributed by atoms with E-state index >= 15 is 0 Å². The Kier molecular flexibility index (Phi) is 1.83. The van der Waals surface area contributed by atoms with E-state index in [1.165, 1.54) is 6.42 Å². The predicted molar refractivity (Wildman–Crippen MR) is 44.9 cm³/mol. The first-order valence-electron chi connectivity index (χ1n) is 4.67. The van der Waals surface area contributed by atoms with Gasteiger partial charge in [0.05, 0.1) is 5.41 Å². The lowest BCUT2D eigenvalue weighted by molar-refractivity contribution is -0.153. The average molecular weight is 169 g/mol. The summed E-state index contributed by atoms with van der Waals surface area (Å²) in [5.41, 5.74) is -0.416. The molecule has 0 aromatic heterocycles. The maximum absolute atomic E-state index is 11.0. The molecule has 68 valence electrons. The number of hydrogen-bond acceptors (Lipinski definition) is 2. The van der Waals surface area contributed by atoms with Gasteiger partial charge in [-0.15, -0.1) is 0 Å². The van der Waals surface area contributed by atoms with Crippen LogP contribution in [0.2, 0.25) is 0 Å². The van der Waals surface area contributed by atoms with Gasteiger partial charge in [0, 0.05) is 6.54 Å². The number of carboxylic acid groups (broad SMARTS) is 1. The first kappa shape index (κ1) is 8.05. The van der Waals surface area contributed by atoms with Gasteiger partial charge >= 0.3 is 5.97 Å². The van der Waals surface area contributed by atoms with Crippen LogP contribution in [0.3, 0.4) is 0 Å². The van der Waals surface area contributed by atoms with Crippen molar-refractivity contribution < 1.29 is 9.90 Å². The molecule has 0 unspecified atom stereocenters. The van der Waals surface area contributed by atoms with E-state index < -0.39 is 11.4 Å². The van der Waals surface area contributed by atoms with E-state index in [1.807, 2.05) is 0 Å². The van der Waals surface area contributed by atoms with Crippen molar-refractivity contribution in [1.29, 1.82) is 0 Å². The zero-order valence-electron chi connectivity index (χ0n) is 7.18. The fourth-order valence-electron chi connectivity index (χ4n) is 2.61. The van der Waals surface area contributed by atoms with Gasteiger partial charge in [0.1, 0.15) is 0 Å². The van der Waals surface area contributed by atoms with Gasteiger partial charge < -0.3 is 10.4 Å². The molecule has 2 fully saturated rings. The lowest BCUT2D eigenvalue weighted by atomic mass is 9.67. The molecule has 2 aliphatic rings. The predicted octanol–water partition coefficient (Wildman–Crippen LogP) is 0.851. The van der Waals surface area contributed by atoms with Crippen LogP contribution in [0.5, 0.6) is 0 Å². The number of carbonyl (C=O) groups is 1. The molecular formula is C9H15NO2. The van der Waals surface area contributed by atoms with Gasteiger partial charge in [-0.3, -0.25) is 4.79 Å². The monoisotopic (exact) mass is 169 g/mol. The zero-order valence-corrected chi connectivity index (χ0v) is 7.18. The third-order valence-corrected chi connectivity index (χ3v) is 3.30. The van der Waals surface area contributed by atoms with Gasteiger partial charge in [0.15, 0.2) is 0 Å². The third kappa shape index (κ3) is 1.12. The van der Waals surface area contributed by atoms with E-state index in [0.29, 0.717) is 12.5 Å². The summed E-state index contributed by atoms with van der Waals surface area (Å²) in [5, 5.41) is 12.3. The van der Waals surface area contributed by atoms with Crippen LogP contribution in [-0.2, 0) is 4.79 Å². The topological polar surface area (TPSA) is 49.3 Å². The van der Waals surface area contributed by atoms with Gasteiger partial charge in [-0.05, 0) is 31.7 Å². The first-order chi connectivity index (χ1) is 5.73. The van der Waals surface area contributed by atoms with Crippen molar-refractivity contribution >= 4 is 5.97 Å². The van der Waals surface area contributed by atoms with Gasteiger partial charge in [0.2, 0.25) is 0 Å². The Morgan fingerprint density at radius 2 is 2.42 bits per heavy atom. The molecular weight excluding hydrogens is 154 g/mol. The molecule has 2 N–H and O–H groups in total. The van der Waals surface area contributed by atoms with E-state index in [1.54, 1.807) is 0 Å². The Bertz CT molecular complexity index is 193. The molecule has 3 nitrogen and oxygen atoms in total. The summed E-state index contributed by atoms with van der Waals surface area (Å²) in [4.78, 5) is 11.0. The number of carboxylic acids is 1. The zero-order chi connectivity index (χ0) is 8.60. The quantitative estimate of drug-likeness (QED) is 0.612. The van der Waals surface area contributed by atoms with Crippen molar-refractivity contribution in [3.63, 3.8) is 0 Å². The summed E-state index contributed by atoms with van der Waals surface area (Å²) >= 11 is 0. The molecule has 1 aliphatic heterocycles. The highest BCUT2D eigenvalue weighted by molar-refractivity contribution is 5.75. The van der Waals surface area contributed by atoms with Gasteiger partial charge in [-0.1, -0.05) is 6.42 Å². The summed E-state index contributed by atoms with van der Waals surface area (Å²) in [5.74, 6) is 0.0167. The van der Waals surface area contributed by atoms with Crippen LogP contribution in [0.15, 0.2) is 0 Å². The summed E-state index contributed by atoms with van der Waals surface area (Å²) < 4.78 is 0. The van der Waals surface area contributed by atoms with Crippen LogP contribution < -0.4 is 5.32 Å². The van der Waals surface area contributed by atoms with Crippen LogP contribution >= 0.6 is 0 Å². The average Bonchev–Trinajstić information content (AvgIpc) is 2.04. The molecule has 0 aromatic carbocycles. The highest BCUT2D eigenvalue weighted by Crippen LogP contribution is 2.41. The summed E-state index contributed by atoms with van der Waals surface area (Å²) in [7, 11) is 0. The summed E-state index contributed by atoms with van der Waals surface area (Å²) in [6.45, 7) is 1.70. The molecule has 0 amide bonds. The summed E-state index contributed by atoms with van der Waals surface area (Å²) in [6.07, 6.45) is 4.07. The van der Waals surface area contributed by atoms with Crippen molar-refractivity contribution in [2.24, 2.45) is 11.3 Å². The van der Waals surface area contributed by atoms with Crippen molar-refractivity contribution in [2.45, 2.75) is 25.7 Å². The van der Waals surface area contributed by atoms with Crippen LogP contribution in [0, 0.1) is 11.3 Å². The molecule has 2 rings (SSSR count). The Hall–Kier alpha value is -0.570. The number of hydrogen-bond donors (Lipinski definition) is 2. The lowest BCUT2D eigenvalue weighted by Gasteiger charge is -2.42. The molecule has 0 radical (unpaired) electrons. The van der Waals surface area contributed by atoms with E-state index in [-0.39, 0.29) is 0 Å². The maximum Gasteiger partial charge on any atom is 0.310 e. The van der Waals surface area contributed by atoms with Gasteiger partial charge in [-0.2, -0.15) is 0 Å². The minimum Gasteiger partial charge on any atom is -0.481 e. The molecule has 2 bridgehead atoms. The Labute approximate surface area is 72.2 Å². The van der Waals surface area contributed by atoms with E-state index in [0.717, 1.165) is 25.8 Å². The first-order valence-corrected chi connectivity index (χ1v) is 4.67. The third-order valence-electron chi connectivity index (χ3n) is 3.30. The fraction of sp³-hybridized carbons (Fsp3) is 0.889. The van der Waals surface area contributed by atoms with Crippen LogP contribution in [-0.4, -0.2) is 24.2 Å². The Morgan fingerprint density at radius 1 is 1.58 bits per heavy atom. The van der Waals surface area contributed by atoms with Crippen LogP contribution in [0.1, 0.15) is 25.7 Å². The SMILES string of the molecule is O=C(O)[C@]12CCC[C@H](CNC1)C2. The standard InChI is InChI=1S/C9H15NO2/c11-8(12)9-3-1-2-7(4-9)5-10-6-9/h7,10H,1-6H2,(H,11,12)/t7-,9-/m0/s1. The lowest BCUT2D eigenvalue weighted by Crippen LogP contribution is -2.51. The fourth-order valence-corrected chi connectivity index (χ4v) is 2.61. The molecule has 1 saturated heterocycles. The number of rotatable bonds is 1. The second kappa shape index (κ2) is 2.73. The Morgan fingerprint density at radius 3 is 3.08 bits per heavy atom. The second-order valence-electron chi connectivity index (χ2n) is 4.18. The van der Waals surface area contributed by atoms with E-state index in [4.69, 9.17) is 5.11 Å². The number of fused-ring (bicyclic) bond motifs is 2. The van der Waals surface area contributed by atoms with Gasteiger partial charge in [0.25, 0.3) is 0 Å². The highest BCUT2D eigenvalue weighted by Gasteiger charge is 2.44. The number of aliphatic carboxylic acids is 1. The molecule has 1 aliphatic carbocycles. The van der Waals surface area contributed by atoms with E-state index in [9.17, 15) is 4.79 Å². The van der Waals surface area contributed by atoms with Crippen molar-refractivity contribution in [1.82, 2.24) is 5.32 Å². The van der Waals surface area contributed by atoms with Crippen LogP contribution in [0.4, 0.5) is 0 Å². The molecule has 12 heavy (non-hydrogen) atoms. The minimum absolute atomic E-state index is 0.416. The molecule has 1 saturated carbocycles. The molecule has 3 heteroatoms. The summed E-state index contributed by atoms with van der Waals surface area (Å²) in [6, 6.07) is 0. The number of nitrogens with one attached hydrogen (secondary N) is 1. The second-order valence-corrected chi connectivity index (χ2v) is 4.18. The highest BCUT2D eigenvalue weighted by atomic mass is 16.4. The molecule has 0 spiro atoms. The van der Waals surface area contributed by atoms with E-state index in [2.05, 4.69) is 5.32 Å². The van der Waals surface area contributed by atoms with Gasteiger partial charge in [-0.25, -0.2) is 0 Å². The minimum atomic E-state index is -0.598. The van der Waals surface area contributed by atoms with Crippen LogP contribution in [0.25, 0.3) is 0 Å². The van der Waals surface area contributed by atoms with Crippen molar-refractivity contribution in [3.8, 4) is 0 Å². The molecule has 1 heterocycles. The molecule has 2 atom stereocenters. The number of piperidine rings is 1. The largest absolute Gasteiger partial charge is 0.481 e. The maximum atomic E-state index is 11.0. The van der Waals surface area contributed by atoms with Crippen molar-refractivity contribution in [2.75, 3.05) is 13.1 Å². The molecule has 0 aromatic rings. The smallest absolute Gasteiger partial charge is 0.310 e. The van der Waals surface area contributed by atoms with Crippen molar-refractivity contribution in [3.05, 3.63) is 0 Å². The normalized spacial score (nSPS) is 40.8. The Balaban J connectivity index is 2.17.